The normalized spacial score (nSPS) is 23.9. The van der Waals surface area contributed by atoms with Crippen LogP contribution in [0.25, 0.3) is 0 Å². The number of rotatable bonds is 7. The molecular formula is C16H32N2O2. The summed E-state index contributed by atoms with van der Waals surface area (Å²) in [4.78, 5) is 2.66. The van der Waals surface area contributed by atoms with E-state index in [9.17, 15) is 0 Å². The van der Waals surface area contributed by atoms with Gasteiger partial charge in [-0.25, -0.2) is 0 Å². The summed E-state index contributed by atoms with van der Waals surface area (Å²) in [5, 5.41) is 3.86. The average Bonchev–Trinajstić information content (AvgIpc) is 2.66. The maximum absolute atomic E-state index is 5.57. The van der Waals surface area contributed by atoms with Crippen LogP contribution in [0, 0.1) is 0 Å². The third-order valence-electron chi connectivity index (χ3n) is 4.68. The zero-order valence-corrected chi connectivity index (χ0v) is 13.2. The third kappa shape index (κ3) is 5.32. The summed E-state index contributed by atoms with van der Waals surface area (Å²) in [5.74, 6) is 0. The molecule has 0 bridgehead atoms. The Labute approximate surface area is 124 Å². The second kappa shape index (κ2) is 8.98. The van der Waals surface area contributed by atoms with Crippen LogP contribution >= 0.6 is 0 Å². The molecule has 2 aliphatic rings. The van der Waals surface area contributed by atoms with Gasteiger partial charge in [0.15, 0.2) is 0 Å². The highest BCUT2D eigenvalue weighted by molar-refractivity contribution is 4.95. The molecule has 1 N–H and O–H groups in total. The molecule has 0 aromatic carbocycles. The van der Waals surface area contributed by atoms with Crippen LogP contribution in [-0.2, 0) is 9.47 Å². The molecule has 1 aliphatic carbocycles. The molecule has 20 heavy (non-hydrogen) atoms. The molecule has 0 aromatic rings. The van der Waals surface area contributed by atoms with Gasteiger partial charge >= 0.3 is 0 Å². The molecular weight excluding hydrogens is 252 g/mol. The van der Waals surface area contributed by atoms with Gasteiger partial charge in [-0.3, -0.25) is 0 Å². The van der Waals surface area contributed by atoms with Crippen molar-refractivity contribution in [1.82, 2.24) is 10.2 Å². The lowest BCUT2D eigenvalue weighted by Gasteiger charge is -2.40. The van der Waals surface area contributed by atoms with Gasteiger partial charge in [-0.05, 0) is 38.8 Å². The van der Waals surface area contributed by atoms with Gasteiger partial charge in [-0.2, -0.15) is 0 Å². The molecule has 2 fully saturated rings. The first-order valence-corrected chi connectivity index (χ1v) is 8.39. The van der Waals surface area contributed by atoms with Crippen LogP contribution < -0.4 is 5.32 Å². The topological polar surface area (TPSA) is 33.7 Å². The van der Waals surface area contributed by atoms with E-state index in [4.69, 9.17) is 9.47 Å². The third-order valence-corrected chi connectivity index (χ3v) is 4.68. The van der Waals surface area contributed by atoms with Gasteiger partial charge in [-0.15, -0.1) is 0 Å². The number of methoxy groups -OCH3 is 1. The first kappa shape index (κ1) is 16.2. The fourth-order valence-corrected chi connectivity index (χ4v) is 3.61. The van der Waals surface area contributed by atoms with E-state index in [2.05, 4.69) is 10.2 Å². The van der Waals surface area contributed by atoms with E-state index in [0.29, 0.717) is 12.1 Å². The molecule has 1 spiro atoms. The van der Waals surface area contributed by atoms with Crippen LogP contribution in [0.15, 0.2) is 0 Å². The summed E-state index contributed by atoms with van der Waals surface area (Å²) < 4.78 is 10.6. The standard InChI is InChI=1S/C16H32N2O2/c1-19-13-14-20-12-6-11-18-10-5-9-17-16(15-18)7-3-2-4-8-16/h17H,2-15H2,1H3. The van der Waals surface area contributed by atoms with Crippen molar-refractivity contribution >= 4 is 0 Å². The molecule has 0 aromatic heterocycles. The Morgan fingerprint density at radius 3 is 2.70 bits per heavy atom. The molecule has 0 atom stereocenters. The quantitative estimate of drug-likeness (QED) is 0.725. The minimum Gasteiger partial charge on any atom is -0.382 e. The smallest absolute Gasteiger partial charge is 0.0700 e. The number of hydrogen-bond donors (Lipinski definition) is 1. The Morgan fingerprint density at radius 1 is 1.05 bits per heavy atom. The summed E-state index contributed by atoms with van der Waals surface area (Å²) in [5.41, 5.74) is 0.422. The molecule has 118 valence electrons. The number of hydrogen-bond acceptors (Lipinski definition) is 4. The maximum atomic E-state index is 5.57. The second-order valence-corrected chi connectivity index (χ2v) is 6.36. The van der Waals surface area contributed by atoms with E-state index in [1.165, 1.54) is 64.7 Å². The Bertz CT molecular complexity index is 255. The van der Waals surface area contributed by atoms with Crippen molar-refractivity contribution in [2.75, 3.05) is 53.1 Å². The van der Waals surface area contributed by atoms with E-state index >= 15 is 0 Å². The van der Waals surface area contributed by atoms with Gasteiger partial charge in [0.25, 0.3) is 0 Å². The number of nitrogens with one attached hydrogen (secondary N) is 1. The summed E-state index contributed by atoms with van der Waals surface area (Å²) in [7, 11) is 1.72. The van der Waals surface area contributed by atoms with Crippen LogP contribution in [0.3, 0.4) is 0 Å². The van der Waals surface area contributed by atoms with Crippen LogP contribution in [0.1, 0.15) is 44.9 Å². The highest BCUT2D eigenvalue weighted by Gasteiger charge is 2.34. The van der Waals surface area contributed by atoms with Gasteiger partial charge in [0.1, 0.15) is 0 Å². The first-order chi connectivity index (χ1) is 9.85. The van der Waals surface area contributed by atoms with Crippen molar-refractivity contribution in [3.63, 3.8) is 0 Å². The van der Waals surface area contributed by atoms with E-state index in [0.717, 1.165) is 19.6 Å². The second-order valence-electron chi connectivity index (χ2n) is 6.36. The summed E-state index contributed by atoms with van der Waals surface area (Å²) in [6.07, 6.45) is 9.40. The van der Waals surface area contributed by atoms with Gasteiger partial charge < -0.3 is 19.7 Å². The van der Waals surface area contributed by atoms with Gasteiger partial charge in [0, 0.05) is 32.3 Å². The monoisotopic (exact) mass is 284 g/mol. The summed E-state index contributed by atoms with van der Waals surface area (Å²) >= 11 is 0. The molecule has 4 heteroatoms. The van der Waals surface area contributed by atoms with Crippen molar-refractivity contribution in [2.45, 2.75) is 50.5 Å². The Balaban J connectivity index is 1.67. The molecule has 0 amide bonds. The van der Waals surface area contributed by atoms with Crippen molar-refractivity contribution in [3.05, 3.63) is 0 Å². The molecule has 1 saturated heterocycles. The zero-order valence-electron chi connectivity index (χ0n) is 13.2. The first-order valence-electron chi connectivity index (χ1n) is 8.39. The van der Waals surface area contributed by atoms with Crippen molar-refractivity contribution in [2.24, 2.45) is 0 Å². The highest BCUT2D eigenvalue weighted by Crippen LogP contribution is 2.30. The van der Waals surface area contributed by atoms with E-state index < -0.39 is 0 Å². The molecule has 0 unspecified atom stereocenters. The predicted octanol–water partition coefficient (Wildman–Crippen LogP) is 2.04. The minimum atomic E-state index is 0.422. The lowest BCUT2D eigenvalue weighted by atomic mass is 9.81. The van der Waals surface area contributed by atoms with Crippen molar-refractivity contribution < 1.29 is 9.47 Å². The van der Waals surface area contributed by atoms with Crippen LogP contribution in [0.2, 0.25) is 0 Å². The molecule has 1 heterocycles. The molecule has 1 aliphatic heterocycles. The Morgan fingerprint density at radius 2 is 1.90 bits per heavy atom. The SMILES string of the molecule is COCCOCCCN1CCCNC2(CCCCC2)C1. The summed E-state index contributed by atoms with van der Waals surface area (Å²) in [6, 6.07) is 0. The predicted molar refractivity (Wildman–Crippen MR) is 82.2 cm³/mol. The lowest BCUT2D eigenvalue weighted by Crippen LogP contribution is -2.52. The van der Waals surface area contributed by atoms with Crippen molar-refractivity contribution in [3.8, 4) is 0 Å². The fourth-order valence-electron chi connectivity index (χ4n) is 3.61. The molecule has 2 rings (SSSR count). The van der Waals surface area contributed by atoms with Gasteiger partial charge in [0.05, 0.1) is 13.2 Å². The molecule has 0 radical (unpaired) electrons. The summed E-state index contributed by atoms with van der Waals surface area (Å²) in [6.45, 7) is 7.15. The van der Waals surface area contributed by atoms with Gasteiger partial charge in [-0.1, -0.05) is 19.3 Å². The molecule has 4 nitrogen and oxygen atoms in total. The van der Waals surface area contributed by atoms with E-state index in [1.807, 2.05) is 0 Å². The molecule has 1 saturated carbocycles. The maximum Gasteiger partial charge on any atom is 0.0700 e. The van der Waals surface area contributed by atoms with Crippen LogP contribution in [-0.4, -0.2) is 63.5 Å². The van der Waals surface area contributed by atoms with Crippen LogP contribution in [0.5, 0.6) is 0 Å². The lowest BCUT2D eigenvalue weighted by molar-refractivity contribution is 0.0634. The number of ether oxygens (including phenoxy) is 2. The Hall–Kier alpha value is -0.160. The van der Waals surface area contributed by atoms with Crippen molar-refractivity contribution in [1.29, 1.82) is 0 Å². The fraction of sp³-hybridized carbons (Fsp3) is 1.00. The number of nitrogens with zero attached hydrogens (tertiary/aromatic N) is 1. The highest BCUT2D eigenvalue weighted by atomic mass is 16.5. The Kier molecular flexibility index (Phi) is 7.28. The average molecular weight is 284 g/mol. The largest absolute Gasteiger partial charge is 0.382 e. The van der Waals surface area contributed by atoms with E-state index in [1.54, 1.807) is 7.11 Å². The van der Waals surface area contributed by atoms with Gasteiger partial charge in [0.2, 0.25) is 0 Å². The minimum absolute atomic E-state index is 0.422. The van der Waals surface area contributed by atoms with Crippen LogP contribution in [0.4, 0.5) is 0 Å². The zero-order chi connectivity index (χ0) is 14.1. The van der Waals surface area contributed by atoms with E-state index in [-0.39, 0.29) is 0 Å².